The Bertz CT molecular complexity index is 970. The molecule has 178 valence electrons. The third kappa shape index (κ3) is 9.15. The lowest BCUT2D eigenvalue weighted by Gasteiger charge is -2.16. The van der Waals surface area contributed by atoms with Crippen LogP contribution in [0.15, 0.2) is 18.2 Å². The molecule has 0 saturated heterocycles. The van der Waals surface area contributed by atoms with E-state index in [4.69, 9.17) is 43.7 Å². The fraction of sp³-hybridized carbons (Fsp3) is 0.500. The second-order valence-electron chi connectivity index (χ2n) is 7.22. The molecule has 8 nitrogen and oxygen atoms in total. The van der Waals surface area contributed by atoms with E-state index in [2.05, 4.69) is 4.18 Å². The average molecular weight is 530 g/mol. The maximum absolute atomic E-state index is 12.7. The van der Waals surface area contributed by atoms with E-state index in [9.17, 15) is 23.1 Å². The molecule has 32 heavy (non-hydrogen) atoms. The van der Waals surface area contributed by atoms with Crippen LogP contribution in [0, 0.1) is 0 Å². The van der Waals surface area contributed by atoms with Crippen LogP contribution in [-0.4, -0.2) is 41.8 Å². The van der Waals surface area contributed by atoms with Gasteiger partial charge < -0.3 is 14.0 Å². The number of benzene rings is 1. The molecule has 1 aromatic carbocycles. The summed E-state index contributed by atoms with van der Waals surface area (Å²) in [6.07, 6.45) is 5.80. The SMILES string of the molecule is C[C@H]1CCCC(=O)CCC/C=C/c2cc(OS(=O)(=O)OCC(Cl)(Cl)Cl)cc(O)c2C(=O)O1. The minimum absolute atomic E-state index is 0.141. The molecule has 0 amide bonds. The Kier molecular flexibility index (Phi) is 9.66. The highest BCUT2D eigenvalue weighted by atomic mass is 35.6. The summed E-state index contributed by atoms with van der Waals surface area (Å²) in [5.74, 6) is -1.52. The number of Topliss-reactive ketones (excluding diaryl/α,β-unsaturated/α-hetero) is 1. The van der Waals surface area contributed by atoms with Gasteiger partial charge in [-0.1, -0.05) is 47.0 Å². The summed E-state index contributed by atoms with van der Waals surface area (Å²) in [6, 6.07) is 2.17. The number of allylic oxidation sites excluding steroid dienone is 1. The molecule has 12 heteroatoms. The number of phenolic OH excluding ortho intramolecular Hbond substituents is 1. The van der Waals surface area contributed by atoms with Crippen molar-refractivity contribution in [3.8, 4) is 11.5 Å². The number of alkyl halides is 3. The molecular weight excluding hydrogens is 507 g/mol. The fourth-order valence-corrected chi connectivity index (χ4v) is 4.00. The summed E-state index contributed by atoms with van der Waals surface area (Å²) >= 11 is 16.4. The van der Waals surface area contributed by atoms with Gasteiger partial charge in [-0.2, -0.15) is 8.42 Å². The summed E-state index contributed by atoms with van der Waals surface area (Å²) < 4.78 is 36.7. The van der Waals surface area contributed by atoms with Crippen molar-refractivity contribution >= 4 is 63.0 Å². The number of ether oxygens (including phenoxy) is 1. The molecule has 0 unspecified atom stereocenters. The highest BCUT2D eigenvalue weighted by molar-refractivity contribution is 7.82. The van der Waals surface area contributed by atoms with E-state index in [1.807, 2.05) is 0 Å². The lowest BCUT2D eigenvalue weighted by molar-refractivity contribution is -0.119. The second-order valence-corrected chi connectivity index (χ2v) is 11.0. The fourth-order valence-electron chi connectivity index (χ4n) is 2.94. The number of fused-ring (bicyclic) bond motifs is 1. The van der Waals surface area contributed by atoms with E-state index in [1.54, 1.807) is 13.0 Å². The van der Waals surface area contributed by atoms with Gasteiger partial charge >= 0.3 is 16.4 Å². The van der Waals surface area contributed by atoms with Crippen molar-refractivity contribution in [2.24, 2.45) is 0 Å². The molecule has 0 aliphatic carbocycles. The molecule has 0 spiro atoms. The first-order valence-corrected chi connectivity index (χ1v) is 12.2. The van der Waals surface area contributed by atoms with E-state index < -0.39 is 38.6 Å². The van der Waals surface area contributed by atoms with Gasteiger partial charge in [-0.15, -0.1) is 0 Å². The molecule has 1 aliphatic heterocycles. The Morgan fingerprint density at radius 2 is 1.88 bits per heavy atom. The lowest BCUT2D eigenvalue weighted by atomic mass is 10.0. The number of hydrogen-bond donors (Lipinski definition) is 1. The third-order valence-corrected chi connectivity index (χ3v) is 5.52. The van der Waals surface area contributed by atoms with Crippen LogP contribution in [0.4, 0.5) is 0 Å². The summed E-state index contributed by atoms with van der Waals surface area (Å²) in [7, 11) is -4.63. The zero-order chi connectivity index (χ0) is 23.9. The van der Waals surface area contributed by atoms with E-state index in [-0.39, 0.29) is 22.7 Å². The standard InChI is InChI=1S/C20H23Cl3O8S/c1-13-6-5-9-15(24)8-4-2-3-7-14-10-16(11-17(25)18(14)19(26)30-13)31-32(27,28)29-12-20(21,22)23/h3,7,10-11,13,25H,2,4-6,8-9,12H2,1H3/b7-3+/t13-/m0/s1. The summed E-state index contributed by atoms with van der Waals surface area (Å²) in [4.78, 5) is 24.6. The number of rotatable bonds is 4. The molecule has 1 atom stereocenters. The van der Waals surface area contributed by atoms with Crippen LogP contribution >= 0.6 is 34.8 Å². The number of hydrogen-bond acceptors (Lipinski definition) is 8. The second kappa shape index (κ2) is 11.6. The number of carbonyl (C=O) groups is 2. The van der Waals surface area contributed by atoms with E-state index in [0.717, 1.165) is 6.07 Å². The van der Waals surface area contributed by atoms with Gasteiger partial charge in [0.2, 0.25) is 3.79 Å². The minimum atomic E-state index is -4.63. The topological polar surface area (TPSA) is 116 Å². The number of phenols is 1. The van der Waals surface area contributed by atoms with Gasteiger partial charge in [-0.3, -0.25) is 4.79 Å². The third-order valence-electron chi connectivity index (χ3n) is 4.39. The molecule has 0 fully saturated rings. The van der Waals surface area contributed by atoms with E-state index in [1.165, 1.54) is 12.1 Å². The normalized spacial score (nSPS) is 20.1. The quantitative estimate of drug-likeness (QED) is 0.433. The van der Waals surface area contributed by atoms with E-state index in [0.29, 0.717) is 38.5 Å². The van der Waals surface area contributed by atoms with Gasteiger partial charge in [0.1, 0.15) is 29.5 Å². The minimum Gasteiger partial charge on any atom is -0.507 e. The highest BCUT2D eigenvalue weighted by Crippen LogP contribution is 2.32. The van der Waals surface area contributed by atoms with Crippen LogP contribution in [0.25, 0.3) is 6.08 Å². The number of carbonyl (C=O) groups excluding carboxylic acids is 2. The number of cyclic esters (lactones) is 1. The predicted octanol–water partition coefficient (Wildman–Crippen LogP) is 4.88. The molecule has 1 aromatic rings. The van der Waals surface area contributed by atoms with Crippen molar-refractivity contribution in [2.75, 3.05) is 6.61 Å². The van der Waals surface area contributed by atoms with Crippen LogP contribution in [0.1, 0.15) is 61.4 Å². The predicted molar refractivity (Wildman–Crippen MR) is 121 cm³/mol. The summed E-state index contributed by atoms with van der Waals surface area (Å²) in [5, 5.41) is 10.4. The molecule has 2 rings (SSSR count). The zero-order valence-electron chi connectivity index (χ0n) is 17.2. The Labute approximate surface area is 201 Å². The van der Waals surface area contributed by atoms with Gasteiger partial charge in [-0.05, 0) is 44.2 Å². The molecule has 0 aromatic heterocycles. The molecular formula is C20H23Cl3O8S. The monoisotopic (exact) mass is 528 g/mol. The molecule has 1 N–H and O–H groups in total. The number of esters is 1. The number of aromatic hydroxyl groups is 1. The first-order chi connectivity index (χ1) is 14.9. The van der Waals surface area contributed by atoms with Crippen molar-refractivity contribution < 1.29 is 36.2 Å². The Hall–Kier alpha value is -1.52. The largest absolute Gasteiger partial charge is 0.507 e. The van der Waals surface area contributed by atoms with Gasteiger partial charge in [0.05, 0.1) is 6.10 Å². The van der Waals surface area contributed by atoms with Crippen LogP contribution in [0.5, 0.6) is 11.5 Å². The lowest BCUT2D eigenvalue weighted by Crippen LogP contribution is -2.21. The summed E-state index contributed by atoms with van der Waals surface area (Å²) in [5.41, 5.74) is 0.0188. The smallest absolute Gasteiger partial charge is 0.449 e. The zero-order valence-corrected chi connectivity index (χ0v) is 20.3. The maximum Gasteiger partial charge on any atom is 0.449 e. The summed E-state index contributed by atoms with van der Waals surface area (Å²) in [6.45, 7) is 0.895. The van der Waals surface area contributed by atoms with Gasteiger partial charge in [0.15, 0.2) is 0 Å². The Morgan fingerprint density at radius 3 is 2.56 bits per heavy atom. The maximum atomic E-state index is 12.7. The van der Waals surface area contributed by atoms with Crippen molar-refractivity contribution in [1.82, 2.24) is 0 Å². The van der Waals surface area contributed by atoms with Crippen LogP contribution in [-0.2, 0) is 24.1 Å². The van der Waals surface area contributed by atoms with Crippen LogP contribution < -0.4 is 4.18 Å². The first kappa shape index (κ1) is 26.7. The van der Waals surface area contributed by atoms with Crippen molar-refractivity contribution in [3.63, 3.8) is 0 Å². The molecule has 0 bridgehead atoms. The Balaban J connectivity index is 2.34. The van der Waals surface area contributed by atoms with E-state index >= 15 is 0 Å². The Morgan fingerprint density at radius 1 is 1.19 bits per heavy atom. The van der Waals surface area contributed by atoms with Crippen LogP contribution in [0.2, 0.25) is 0 Å². The van der Waals surface area contributed by atoms with Gasteiger partial charge in [0.25, 0.3) is 0 Å². The van der Waals surface area contributed by atoms with Crippen molar-refractivity contribution in [2.45, 2.75) is 55.3 Å². The van der Waals surface area contributed by atoms with Gasteiger partial charge in [0, 0.05) is 18.9 Å². The molecule has 1 aliphatic rings. The molecule has 0 saturated carbocycles. The molecule has 0 radical (unpaired) electrons. The number of halogens is 3. The van der Waals surface area contributed by atoms with Crippen molar-refractivity contribution in [3.05, 3.63) is 29.3 Å². The molecule has 1 heterocycles. The van der Waals surface area contributed by atoms with Gasteiger partial charge in [-0.25, -0.2) is 8.98 Å². The first-order valence-electron chi connectivity index (χ1n) is 9.78. The highest BCUT2D eigenvalue weighted by Gasteiger charge is 2.27. The van der Waals surface area contributed by atoms with Crippen molar-refractivity contribution in [1.29, 1.82) is 0 Å². The van der Waals surface area contributed by atoms with Crippen LogP contribution in [0.3, 0.4) is 0 Å². The average Bonchev–Trinajstić information content (AvgIpc) is 2.64. The number of ketones is 1.